The van der Waals surface area contributed by atoms with E-state index in [4.69, 9.17) is 23.8 Å². The third kappa shape index (κ3) is 5.78. The van der Waals surface area contributed by atoms with Crippen molar-refractivity contribution in [3.8, 4) is 0 Å². The lowest BCUT2D eigenvalue weighted by molar-refractivity contribution is -0.130. The van der Waals surface area contributed by atoms with E-state index < -0.39 is 6.04 Å². The van der Waals surface area contributed by atoms with Gasteiger partial charge in [0.1, 0.15) is 6.04 Å². The Hall–Kier alpha value is -3.22. The first-order valence-corrected chi connectivity index (χ1v) is 11.5. The fourth-order valence-electron chi connectivity index (χ4n) is 3.86. The summed E-state index contributed by atoms with van der Waals surface area (Å²) in [5.41, 5.74) is 2.79. The Morgan fingerprint density at radius 2 is 1.55 bits per heavy atom. The number of nitrogens with one attached hydrogen (secondary N) is 1. The van der Waals surface area contributed by atoms with Gasteiger partial charge in [0.05, 0.1) is 6.42 Å². The molecule has 2 amide bonds. The molecule has 1 N–H and O–H groups in total. The van der Waals surface area contributed by atoms with Crippen LogP contribution in [0.5, 0.6) is 0 Å². The van der Waals surface area contributed by atoms with Crippen molar-refractivity contribution in [2.75, 3.05) is 11.9 Å². The van der Waals surface area contributed by atoms with Gasteiger partial charge in [-0.3, -0.25) is 14.5 Å². The van der Waals surface area contributed by atoms with Gasteiger partial charge in [-0.05, 0) is 54.0 Å². The number of carbonyl (C=O) groups excluding carboxylic acids is 2. The van der Waals surface area contributed by atoms with Crippen LogP contribution in [-0.4, -0.2) is 39.3 Å². The molecule has 1 aliphatic heterocycles. The van der Waals surface area contributed by atoms with Crippen LogP contribution in [0.4, 0.5) is 5.69 Å². The van der Waals surface area contributed by atoms with E-state index in [2.05, 4.69) is 5.32 Å². The maximum absolute atomic E-state index is 13.4. The number of amides is 2. The number of benzene rings is 3. The largest absolute Gasteiger partial charge is 0.332 e. The second-order valence-corrected chi connectivity index (χ2v) is 8.70. The van der Waals surface area contributed by atoms with Crippen LogP contribution < -0.4 is 5.32 Å². The van der Waals surface area contributed by atoms with Crippen molar-refractivity contribution in [1.29, 1.82) is 0 Å². The molecule has 5 nitrogen and oxygen atoms in total. The van der Waals surface area contributed by atoms with E-state index in [1.54, 1.807) is 4.90 Å². The number of rotatable bonds is 8. The summed E-state index contributed by atoms with van der Waals surface area (Å²) in [5, 5.41) is 3.96. The Morgan fingerprint density at radius 1 is 0.909 bits per heavy atom. The topological polar surface area (TPSA) is 52.7 Å². The zero-order chi connectivity index (χ0) is 23.2. The summed E-state index contributed by atoms with van der Waals surface area (Å²) >= 11 is 11.7. The van der Waals surface area contributed by atoms with Crippen LogP contribution in [0.1, 0.15) is 17.5 Å². The molecule has 3 aromatic carbocycles. The maximum Gasteiger partial charge on any atom is 0.252 e. The van der Waals surface area contributed by atoms with Gasteiger partial charge >= 0.3 is 0 Å². The second-order valence-electron chi connectivity index (χ2n) is 7.90. The predicted molar refractivity (Wildman–Crippen MR) is 135 cm³/mol. The average Bonchev–Trinajstić information content (AvgIpc) is 3.04. The highest BCUT2D eigenvalue weighted by Gasteiger charge is 2.43. The molecular weight excluding hydrogens is 454 g/mol. The lowest BCUT2D eigenvalue weighted by atomic mass is 10.1. The van der Waals surface area contributed by atoms with Crippen LogP contribution in [0.3, 0.4) is 0 Å². The van der Waals surface area contributed by atoms with Gasteiger partial charge in [-0.25, -0.2) is 0 Å². The molecule has 0 spiro atoms. The quantitative estimate of drug-likeness (QED) is 0.468. The summed E-state index contributed by atoms with van der Waals surface area (Å²) in [5.74, 6) is -0.374. The van der Waals surface area contributed by atoms with E-state index in [9.17, 15) is 9.59 Å². The molecule has 0 aliphatic carbocycles. The van der Waals surface area contributed by atoms with Crippen molar-refractivity contribution in [1.82, 2.24) is 9.80 Å². The number of para-hydroxylation sites is 1. The first-order chi connectivity index (χ1) is 16.0. The van der Waals surface area contributed by atoms with E-state index in [-0.39, 0.29) is 18.2 Å². The smallest absolute Gasteiger partial charge is 0.252 e. The van der Waals surface area contributed by atoms with Crippen molar-refractivity contribution in [3.05, 3.63) is 101 Å². The highest BCUT2D eigenvalue weighted by molar-refractivity contribution is 7.80. The first kappa shape index (κ1) is 23.0. The van der Waals surface area contributed by atoms with E-state index >= 15 is 0 Å². The molecule has 0 bridgehead atoms. The Labute approximate surface area is 204 Å². The monoisotopic (exact) mass is 477 g/mol. The Morgan fingerprint density at radius 3 is 2.21 bits per heavy atom. The Bertz CT molecular complexity index is 1120. The van der Waals surface area contributed by atoms with Crippen LogP contribution in [0.15, 0.2) is 84.9 Å². The van der Waals surface area contributed by atoms with Crippen molar-refractivity contribution in [3.63, 3.8) is 0 Å². The first-order valence-electron chi connectivity index (χ1n) is 10.8. The molecule has 7 heteroatoms. The zero-order valence-electron chi connectivity index (χ0n) is 18.0. The van der Waals surface area contributed by atoms with Crippen molar-refractivity contribution < 1.29 is 9.59 Å². The van der Waals surface area contributed by atoms with E-state index in [1.165, 1.54) is 0 Å². The molecule has 1 aliphatic rings. The minimum absolute atomic E-state index is 0.0172. The van der Waals surface area contributed by atoms with Gasteiger partial charge < -0.3 is 10.2 Å². The molecule has 0 saturated carbocycles. The lowest BCUT2D eigenvalue weighted by Gasteiger charge is -2.24. The van der Waals surface area contributed by atoms with Gasteiger partial charge in [0, 0.05) is 23.8 Å². The summed E-state index contributed by atoms with van der Waals surface area (Å²) in [4.78, 5) is 29.6. The summed E-state index contributed by atoms with van der Waals surface area (Å²) in [6, 6.07) is 26.0. The van der Waals surface area contributed by atoms with Crippen molar-refractivity contribution in [2.24, 2.45) is 0 Å². The molecule has 1 unspecified atom stereocenters. The average molecular weight is 478 g/mol. The number of nitrogens with zero attached hydrogens (tertiary/aromatic N) is 2. The third-order valence-electron chi connectivity index (χ3n) is 5.57. The molecule has 1 fully saturated rings. The fraction of sp³-hybridized carbons (Fsp3) is 0.192. The number of anilines is 1. The summed E-state index contributed by atoms with van der Waals surface area (Å²) in [6.45, 7) is 0.891. The van der Waals surface area contributed by atoms with Crippen LogP contribution in [0, 0.1) is 0 Å². The van der Waals surface area contributed by atoms with Gasteiger partial charge in [-0.1, -0.05) is 72.3 Å². The predicted octanol–water partition coefficient (Wildman–Crippen LogP) is 4.91. The summed E-state index contributed by atoms with van der Waals surface area (Å²) in [6.07, 6.45) is 0.702. The third-order valence-corrected chi connectivity index (χ3v) is 6.28. The molecule has 0 radical (unpaired) electrons. The number of thiocarbonyl (C=S) groups is 1. The van der Waals surface area contributed by atoms with Crippen molar-refractivity contribution >= 4 is 46.4 Å². The molecule has 4 rings (SSSR count). The Balaban J connectivity index is 1.51. The van der Waals surface area contributed by atoms with E-state index in [0.29, 0.717) is 35.3 Å². The van der Waals surface area contributed by atoms with Gasteiger partial charge in [0.15, 0.2) is 5.11 Å². The van der Waals surface area contributed by atoms with Crippen LogP contribution in [-0.2, 0) is 22.6 Å². The van der Waals surface area contributed by atoms with Gasteiger partial charge in [0.25, 0.3) is 5.91 Å². The second kappa shape index (κ2) is 10.6. The summed E-state index contributed by atoms with van der Waals surface area (Å²) < 4.78 is 0. The molecule has 1 heterocycles. The zero-order valence-corrected chi connectivity index (χ0v) is 19.6. The van der Waals surface area contributed by atoms with E-state index in [1.807, 2.05) is 89.8 Å². The van der Waals surface area contributed by atoms with E-state index in [0.717, 1.165) is 11.1 Å². The Kier molecular flexibility index (Phi) is 7.37. The number of carbonyl (C=O) groups is 2. The molecule has 0 aromatic heterocycles. The SMILES string of the molecule is O=C(CC1C(=O)N(CCc2ccccc2)C(=S)N1Cc1ccc(Cl)cc1)Nc1ccccc1. The minimum Gasteiger partial charge on any atom is -0.332 e. The molecule has 33 heavy (non-hydrogen) atoms. The fourth-order valence-corrected chi connectivity index (χ4v) is 4.36. The molecule has 168 valence electrons. The molecule has 1 saturated heterocycles. The van der Waals surface area contributed by atoms with Crippen molar-refractivity contribution in [2.45, 2.75) is 25.4 Å². The maximum atomic E-state index is 13.4. The van der Waals surface area contributed by atoms with Crippen LogP contribution in [0.25, 0.3) is 0 Å². The number of hydrogen-bond donors (Lipinski definition) is 1. The number of halogens is 1. The molecule has 3 aromatic rings. The highest BCUT2D eigenvalue weighted by atomic mass is 35.5. The number of hydrogen-bond acceptors (Lipinski definition) is 3. The van der Waals surface area contributed by atoms with Gasteiger partial charge in [-0.2, -0.15) is 0 Å². The summed E-state index contributed by atoms with van der Waals surface area (Å²) in [7, 11) is 0. The standard InChI is InChI=1S/C26H24ClN3O2S/c27-21-13-11-20(12-14-21)18-30-23(17-24(31)28-22-9-5-2-6-10-22)25(32)29(26(30)33)16-15-19-7-3-1-4-8-19/h1-14,23H,15-18H2,(H,28,31). The molecular formula is C26H24ClN3O2S. The lowest BCUT2D eigenvalue weighted by Crippen LogP contribution is -2.37. The van der Waals surface area contributed by atoms with Gasteiger partial charge in [-0.15, -0.1) is 0 Å². The normalized spacial score (nSPS) is 15.7. The highest BCUT2D eigenvalue weighted by Crippen LogP contribution is 2.25. The van der Waals surface area contributed by atoms with Gasteiger partial charge in [0.2, 0.25) is 5.91 Å². The van der Waals surface area contributed by atoms with Crippen LogP contribution >= 0.6 is 23.8 Å². The van der Waals surface area contributed by atoms with Crippen LogP contribution in [0.2, 0.25) is 5.02 Å². The molecule has 1 atom stereocenters. The minimum atomic E-state index is -0.660.